The number of hydrogen-bond donors (Lipinski definition) is 2. The Morgan fingerprint density at radius 1 is 1.46 bits per heavy atom. The van der Waals surface area contributed by atoms with E-state index in [4.69, 9.17) is 11.6 Å². The molecule has 0 fully saturated rings. The zero-order valence-electron chi connectivity index (χ0n) is 13.4. The monoisotopic (exact) mass is 359 g/mol. The van der Waals surface area contributed by atoms with E-state index < -0.39 is 0 Å². The van der Waals surface area contributed by atoms with Gasteiger partial charge in [-0.05, 0) is 49.4 Å². The normalized spacial score (nSPS) is 14.0. The van der Waals surface area contributed by atoms with Crippen LogP contribution < -0.4 is 10.6 Å². The Hall–Kier alpha value is -1.87. The van der Waals surface area contributed by atoms with E-state index in [9.17, 15) is 10.1 Å². The highest BCUT2D eigenvalue weighted by molar-refractivity contribution is 7.16. The predicted molar refractivity (Wildman–Crippen MR) is 97.6 cm³/mol. The Kier molecular flexibility index (Phi) is 5.20. The van der Waals surface area contributed by atoms with Crippen LogP contribution in [-0.2, 0) is 17.6 Å². The number of benzene rings is 1. The first-order valence-corrected chi connectivity index (χ1v) is 9.11. The maximum atomic E-state index is 12.2. The molecule has 0 spiro atoms. The summed E-state index contributed by atoms with van der Waals surface area (Å²) < 4.78 is 0. The van der Waals surface area contributed by atoms with Crippen LogP contribution >= 0.6 is 22.9 Å². The van der Waals surface area contributed by atoms with Crippen molar-refractivity contribution in [3.05, 3.63) is 50.9 Å². The molecule has 0 aliphatic heterocycles. The molecule has 0 saturated heterocycles. The summed E-state index contributed by atoms with van der Waals surface area (Å²) in [4.78, 5) is 13.4. The standard InChI is InChI=1S/C18H18ClN3OS/c1-11(12-4-2-5-13(19)8-12)21-10-17(23)22-18-15(9-20)14-6-3-7-16(14)24-18/h2,4-5,8,11,21H,3,6-7,10H2,1H3,(H,22,23)/t11-/m1/s1. The molecule has 1 aliphatic carbocycles. The summed E-state index contributed by atoms with van der Waals surface area (Å²) in [7, 11) is 0. The van der Waals surface area contributed by atoms with Crippen molar-refractivity contribution < 1.29 is 4.79 Å². The molecule has 0 unspecified atom stereocenters. The molecule has 1 atom stereocenters. The van der Waals surface area contributed by atoms with Crippen molar-refractivity contribution >= 4 is 33.8 Å². The van der Waals surface area contributed by atoms with Gasteiger partial charge in [0, 0.05) is 15.9 Å². The SMILES string of the molecule is C[C@@H](NCC(=O)Nc1sc2c(c1C#N)CCC2)c1cccc(Cl)c1. The Morgan fingerprint density at radius 2 is 2.29 bits per heavy atom. The molecule has 2 N–H and O–H groups in total. The number of fused-ring (bicyclic) bond motifs is 1. The van der Waals surface area contributed by atoms with Crippen molar-refractivity contribution in [2.24, 2.45) is 0 Å². The topological polar surface area (TPSA) is 64.9 Å². The van der Waals surface area contributed by atoms with Crippen LogP contribution in [0.25, 0.3) is 0 Å². The molecule has 0 bridgehead atoms. The third-order valence-electron chi connectivity index (χ3n) is 4.20. The Bertz CT molecular complexity index is 809. The molecule has 1 amide bonds. The van der Waals surface area contributed by atoms with Crippen LogP contribution in [0.4, 0.5) is 5.00 Å². The summed E-state index contributed by atoms with van der Waals surface area (Å²) >= 11 is 7.53. The van der Waals surface area contributed by atoms with Crippen LogP contribution in [-0.4, -0.2) is 12.5 Å². The quantitative estimate of drug-likeness (QED) is 0.846. The minimum absolute atomic E-state index is 0.0122. The van der Waals surface area contributed by atoms with Crippen molar-refractivity contribution in [2.75, 3.05) is 11.9 Å². The van der Waals surface area contributed by atoms with E-state index in [1.165, 1.54) is 16.2 Å². The second kappa shape index (κ2) is 7.35. The van der Waals surface area contributed by atoms with Crippen LogP contribution in [0.15, 0.2) is 24.3 Å². The molecule has 1 aromatic carbocycles. The zero-order chi connectivity index (χ0) is 17.1. The molecule has 124 valence electrons. The fraction of sp³-hybridized carbons (Fsp3) is 0.333. The molecule has 6 heteroatoms. The van der Waals surface area contributed by atoms with Gasteiger partial charge in [-0.1, -0.05) is 23.7 Å². The molecule has 0 radical (unpaired) electrons. The van der Waals surface area contributed by atoms with E-state index in [2.05, 4.69) is 16.7 Å². The number of carbonyl (C=O) groups is 1. The van der Waals surface area contributed by atoms with Gasteiger partial charge in [-0.25, -0.2) is 0 Å². The molecule has 24 heavy (non-hydrogen) atoms. The maximum Gasteiger partial charge on any atom is 0.238 e. The first-order valence-electron chi connectivity index (χ1n) is 7.92. The minimum Gasteiger partial charge on any atom is -0.315 e. The predicted octanol–water partition coefficient (Wildman–Crippen LogP) is 4.05. The summed E-state index contributed by atoms with van der Waals surface area (Å²) in [6.07, 6.45) is 3.05. The maximum absolute atomic E-state index is 12.2. The van der Waals surface area contributed by atoms with Crippen LogP contribution in [0.2, 0.25) is 5.02 Å². The van der Waals surface area contributed by atoms with Gasteiger partial charge >= 0.3 is 0 Å². The molecule has 1 aromatic heterocycles. The number of amides is 1. The third kappa shape index (κ3) is 3.62. The van der Waals surface area contributed by atoms with E-state index in [0.29, 0.717) is 15.6 Å². The highest BCUT2D eigenvalue weighted by Gasteiger charge is 2.23. The summed E-state index contributed by atoms with van der Waals surface area (Å²) in [5, 5.41) is 16.8. The summed E-state index contributed by atoms with van der Waals surface area (Å²) in [5.41, 5.74) is 2.80. The lowest BCUT2D eigenvalue weighted by molar-refractivity contribution is -0.115. The highest BCUT2D eigenvalue weighted by Crippen LogP contribution is 2.38. The van der Waals surface area contributed by atoms with Crippen LogP contribution in [0, 0.1) is 11.3 Å². The Balaban J connectivity index is 1.60. The largest absolute Gasteiger partial charge is 0.315 e. The van der Waals surface area contributed by atoms with Crippen molar-refractivity contribution in [1.82, 2.24) is 5.32 Å². The van der Waals surface area contributed by atoms with Gasteiger partial charge in [0.05, 0.1) is 12.1 Å². The number of nitrogens with one attached hydrogen (secondary N) is 2. The highest BCUT2D eigenvalue weighted by atomic mass is 35.5. The smallest absolute Gasteiger partial charge is 0.238 e. The zero-order valence-corrected chi connectivity index (χ0v) is 14.9. The number of hydrogen-bond acceptors (Lipinski definition) is 4. The Morgan fingerprint density at radius 3 is 3.04 bits per heavy atom. The summed E-state index contributed by atoms with van der Waals surface area (Å²) in [6.45, 7) is 2.17. The van der Waals surface area contributed by atoms with Gasteiger partial charge in [-0.15, -0.1) is 11.3 Å². The average molecular weight is 360 g/mol. The van der Waals surface area contributed by atoms with Gasteiger partial charge in [0.15, 0.2) is 0 Å². The summed E-state index contributed by atoms with van der Waals surface area (Å²) in [6, 6.07) is 9.82. The van der Waals surface area contributed by atoms with Gasteiger partial charge in [-0.2, -0.15) is 5.26 Å². The van der Waals surface area contributed by atoms with Crippen molar-refractivity contribution in [3.8, 4) is 6.07 Å². The fourth-order valence-corrected chi connectivity index (χ4v) is 4.38. The van der Waals surface area contributed by atoms with Crippen molar-refractivity contribution in [3.63, 3.8) is 0 Å². The van der Waals surface area contributed by atoms with E-state index in [-0.39, 0.29) is 18.5 Å². The van der Waals surface area contributed by atoms with Crippen LogP contribution in [0.1, 0.15) is 41.0 Å². The molecule has 2 aromatic rings. The van der Waals surface area contributed by atoms with E-state index in [1.54, 1.807) is 0 Å². The fourth-order valence-electron chi connectivity index (χ4n) is 2.92. The lowest BCUT2D eigenvalue weighted by Crippen LogP contribution is -2.30. The van der Waals surface area contributed by atoms with Crippen LogP contribution in [0.3, 0.4) is 0 Å². The van der Waals surface area contributed by atoms with Gasteiger partial charge < -0.3 is 10.6 Å². The van der Waals surface area contributed by atoms with E-state index >= 15 is 0 Å². The Labute approximate surface area is 150 Å². The summed E-state index contributed by atoms with van der Waals surface area (Å²) in [5.74, 6) is -0.139. The molecule has 3 rings (SSSR count). The molecular formula is C18H18ClN3OS. The lowest BCUT2D eigenvalue weighted by Gasteiger charge is -2.14. The first-order chi connectivity index (χ1) is 11.6. The van der Waals surface area contributed by atoms with Crippen molar-refractivity contribution in [1.29, 1.82) is 5.26 Å². The number of nitriles is 1. The number of rotatable bonds is 5. The van der Waals surface area contributed by atoms with Gasteiger partial charge in [0.2, 0.25) is 5.91 Å². The van der Waals surface area contributed by atoms with Gasteiger partial charge in [-0.3, -0.25) is 4.79 Å². The van der Waals surface area contributed by atoms with Gasteiger partial charge in [0.25, 0.3) is 0 Å². The third-order valence-corrected chi connectivity index (χ3v) is 5.65. The number of aryl methyl sites for hydroxylation is 1. The average Bonchev–Trinajstić information content (AvgIpc) is 3.13. The molecular weight excluding hydrogens is 342 g/mol. The number of carbonyl (C=O) groups excluding carboxylic acids is 1. The first kappa shape index (κ1) is 17.0. The lowest BCUT2D eigenvalue weighted by atomic mass is 10.1. The second-order valence-corrected chi connectivity index (χ2v) is 7.42. The molecule has 4 nitrogen and oxygen atoms in total. The van der Waals surface area contributed by atoms with Crippen LogP contribution in [0.5, 0.6) is 0 Å². The van der Waals surface area contributed by atoms with Crippen molar-refractivity contribution in [2.45, 2.75) is 32.2 Å². The van der Waals surface area contributed by atoms with E-state index in [1.807, 2.05) is 31.2 Å². The number of anilines is 1. The van der Waals surface area contributed by atoms with Gasteiger partial charge in [0.1, 0.15) is 11.1 Å². The molecule has 0 saturated carbocycles. The number of nitrogens with zero attached hydrogens (tertiary/aromatic N) is 1. The number of thiophene rings is 1. The molecule has 1 aliphatic rings. The minimum atomic E-state index is -0.139. The van der Waals surface area contributed by atoms with E-state index in [0.717, 1.165) is 30.4 Å². The second-order valence-electron chi connectivity index (χ2n) is 5.88. The number of halogens is 1. The molecule has 1 heterocycles.